The number of carbonyl (C=O) groups excluding carboxylic acids is 1. The zero-order chi connectivity index (χ0) is 19.9. The Morgan fingerprint density at radius 2 is 2.14 bits per heavy atom. The van der Waals surface area contributed by atoms with Crippen molar-refractivity contribution < 1.29 is 24.2 Å². The third-order valence-electron chi connectivity index (χ3n) is 5.63. The van der Waals surface area contributed by atoms with Gasteiger partial charge in [0, 0.05) is 22.6 Å². The molecule has 0 atom stereocenters. The third kappa shape index (κ3) is 2.79. The van der Waals surface area contributed by atoms with Crippen molar-refractivity contribution in [2.24, 2.45) is 5.73 Å². The fraction of sp³-hybridized carbons (Fsp3) is 0.333. The molecule has 1 saturated carbocycles. The third-order valence-corrected chi connectivity index (χ3v) is 5.63. The van der Waals surface area contributed by atoms with E-state index in [4.69, 9.17) is 14.9 Å². The Labute approximate surface area is 161 Å². The minimum Gasteiger partial charge on any atom is -0.493 e. The fourth-order valence-corrected chi connectivity index (χ4v) is 4.02. The normalized spacial score (nSPS) is 15.4. The number of aryl methyl sites for hydroxylation is 1. The molecular formula is C21H22N2O5. The molecular weight excluding hydrogens is 360 g/mol. The maximum atomic E-state index is 12.1. The van der Waals surface area contributed by atoms with E-state index in [9.17, 15) is 15.0 Å². The summed E-state index contributed by atoms with van der Waals surface area (Å²) >= 11 is 0. The first-order chi connectivity index (χ1) is 13.5. The summed E-state index contributed by atoms with van der Waals surface area (Å²) < 4.78 is 11.8. The molecule has 0 unspecified atom stereocenters. The van der Waals surface area contributed by atoms with Crippen molar-refractivity contribution in [2.75, 3.05) is 6.61 Å². The summed E-state index contributed by atoms with van der Waals surface area (Å²) in [5.41, 5.74) is 7.26. The van der Waals surface area contributed by atoms with E-state index in [1.54, 1.807) is 31.2 Å². The summed E-state index contributed by atoms with van der Waals surface area (Å²) in [6, 6.07) is 6.95. The van der Waals surface area contributed by atoms with Crippen molar-refractivity contribution in [1.29, 1.82) is 0 Å². The van der Waals surface area contributed by atoms with Crippen molar-refractivity contribution in [1.82, 2.24) is 4.98 Å². The number of fused-ring (bicyclic) bond motifs is 1. The number of aliphatic hydroxyl groups excluding tert-OH is 1. The van der Waals surface area contributed by atoms with Crippen LogP contribution in [0, 0.1) is 6.92 Å². The monoisotopic (exact) mass is 382 g/mol. The molecule has 1 aliphatic carbocycles. The van der Waals surface area contributed by atoms with Crippen LogP contribution >= 0.6 is 0 Å². The van der Waals surface area contributed by atoms with Gasteiger partial charge in [-0.05, 0) is 44.0 Å². The Balaban J connectivity index is 1.87. The Hall–Kier alpha value is -3.06. The van der Waals surface area contributed by atoms with Crippen LogP contribution in [-0.4, -0.2) is 27.7 Å². The zero-order valence-electron chi connectivity index (χ0n) is 15.6. The molecule has 0 bridgehead atoms. The minimum atomic E-state index is -0.577. The van der Waals surface area contributed by atoms with Gasteiger partial charge in [-0.2, -0.15) is 0 Å². The van der Waals surface area contributed by atoms with Gasteiger partial charge in [-0.25, -0.2) is 4.98 Å². The molecule has 0 radical (unpaired) electrons. The second kappa shape index (κ2) is 6.83. The number of nitrogens with zero attached hydrogens (tertiary/aromatic N) is 1. The van der Waals surface area contributed by atoms with Gasteiger partial charge >= 0.3 is 0 Å². The quantitative estimate of drug-likeness (QED) is 0.603. The number of benzene rings is 1. The molecule has 1 aromatic carbocycles. The van der Waals surface area contributed by atoms with Crippen LogP contribution in [0.5, 0.6) is 11.6 Å². The van der Waals surface area contributed by atoms with Gasteiger partial charge in [0.25, 0.3) is 5.91 Å². The average molecular weight is 382 g/mol. The number of hydrogen-bond acceptors (Lipinski definition) is 6. The number of rotatable bonds is 6. The van der Waals surface area contributed by atoms with E-state index in [1.807, 2.05) is 0 Å². The highest BCUT2D eigenvalue weighted by Gasteiger charge is 2.43. The van der Waals surface area contributed by atoms with Crippen LogP contribution in [0.4, 0.5) is 0 Å². The number of nitrogens with two attached hydrogens (primary N) is 1. The maximum Gasteiger partial charge on any atom is 0.252 e. The highest BCUT2D eigenvalue weighted by Crippen LogP contribution is 2.51. The van der Waals surface area contributed by atoms with Gasteiger partial charge in [-0.3, -0.25) is 4.79 Å². The number of pyridine rings is 1. The number of hydrogen-bond donors (Lipinski definition) is 3. The van der Waals surface area contributed by atoms with Gasteiger partial charge in [0.05, 0.1) is 17.7 Å². The first-order valence-corrected chi connectivity index (χ1v) is 9.20. The summed E-state index contributed by atoms with van der Waals surface area (Å²) in [5, 5.41) is 20.7. The zero-order valence-corrected chi connectivity index (χ0v) is 15.6. The topological polar surface area (TPSA) is 119 Å². The largest absolute Gasteiger partial charge is 0.493 e. The maximum absolute atomic E-state index is 12.1. The van der Waals surface area contributed by atoms with Gasteiger partial charge in [-0.15, -0.1) is 0 Å². The molecule has 1 aliphatic rings. The van der Waals surface area contributed by atoms with Crippen molar-refractivity contribution in [3.05, 3.63) is 52.9 Å². The van der Waals surface area contributed by atoms with E-state index in [1.165, 1.54) is 6.20 Å². The van der Waals surface area contributed by atoms with E-state index in [2.05, 4.69) is 4.98 Å². The lowest BCUT2D eigenvalue weighted by atomic mass is 9.63. The molecule has 3 aromatic rings. The molecule has 4 rings (SSSR count). The number of aromatic hydroxyl groups is 1. The van der Waals surface area contributed by atoms with Crippen molar-refractivity contribution >= 4 is 16.9 Å². The molecule has 28 heavy (non-hydrogen) atoms. The first kappa shape index (κ1) is 18.3. The van der Waals surface area contributed by atoms with Gasteiger partial charge < -0.3 is 25.1 Å². The van der Waals surface area contributed by atoms with Gasteiger partial charge in [0.15, 0.2) is 0 Å². The predicted octanol–water partition coefficient (Wildman–Crippen LogP) is 2.93. The fourth-order valence-electron chi connectivity index (χ4n) is 4.02. The number of aromatic nitrogens is 1. The van der Waals surface area contributed by atoms with Crippen LogP contribution in [0.2, 0.25) is 0 Å². The molecule has 0 aliphatic heterocycles. The van der Waals surface area contributed by atoms with Gasteiger partial charge in [-0.1, -0.05) is 6.42 Å². The molecule has 0 spiro atoms. The van der Waals surface area contributed by atoms with E-state index in [-0.39, 0.29) is 19.1 Å². The van der Waals surface area contributed by atoms with E-state index < -0.39 is 11.3 Å². The van der Waals surface area contributed by atoms with E-state index in [0.29, 0.717) is 33.6 Å². The van der Waals surface area contributed by atoms with Crippen molar-refractivity contribution in [2.45, 2.75) is 38.2 Å². The molecule has 1 fully saturated rings. The van der Waals surface area contributed by atoms with E-state index >= 15 is 0 Å². The summed E-state index contributed by atoms with van der Waals surface area (Å²) in [5.74, 6) is 0.306. The van der Waals surface area contributed by atoms with Crippen LogP contribution < -0.4 is 10.5 Å². The lowest BCUT2D eigenvalue weighted by molar-refractivity contribution is 0.0999. The molecule has 2 heterocycles. The van der Waals surface area contributed by atoms with Crippen LogP contribution in [0.15, 0.2) is 34.9 Å². The lowest BCUT2D eigenvalue weighted by Gasteiger charge is -2.42. The first-order valence-electron chi connectivity index (χ1n) is 9.20. The Bertz CT molecular complexity index is 1050. The van der Waals surface area contributed by atoms with Crippen LogP contribution in [0.25, 0.3) is 11.0 Å². The number of carbonyl (C=O) groups is 1. The van der Waals surface area contributed by atoms with Crippen LogP contribution in [-0.2, 0) is 12.0 Å². The molecule has 4 N–H and O–H groups in total. The number of amides is 1. The minimum absolute atomic E-state index is 0.0664. The SMILES string of the molecule is Cc1oc2ccc(OCc3cccnc3O)c(C3(CO)CCC3)c2c1C(N)=O. The van der Waals surface area contributed by atoms with Crippen LogP contribution in [0.1, 0.15) is 46.5 Å². The molecule has 1 amide bonds. The standard InChI is InChI=1S/C21H22N2O5/c1-12-16(19(22)25)17-14(28-12)5-6-15(18(17)21(11-24)7-3-8-21)27-10-13-4-2-9-23-20(13)26/h2,4-6,9,24H,3,7-8,10-11H2,1H3,(H2,22,25)(H,23,26). The average Bonchev–Trinajstić information content (AvgIpc) is 2.97. The number of primary amides is 1. The van der Waals surface area contributed by atoms with Crippen molar-refractivity contribution in [3.8, 4) is 11.6 Å². The number of ether oxygens (including phenoxy) is 1. The summed E-state index contributed by atoms with van der Waals surface area (Å²) in [6.45, 7) is 1.73. The van der Waals surface area contributed by atoms with E-state index in [0.717, 1.165) is 24.8 Å². The van der Waals surface area contributed by atoms with Gasteiger partial charge in [0.1, 0.15) is 23.7 Å². The van der Waals surface area contributed by atoms with Gasteiger partial charge in [0.2, 0.25) is 5.88 Å². The Morgan fingerprint density at radius 3 is 2.75 bits per heavy atom. The van der Waals surface area contributed by atoms with Crippen molar-refractivity contribution in [3.63, 3.8) is 0 Å². The number of furan rings is 1. The molecule has 7 nitrogen and oxygen atoms in total. The lowest BCUT2D eigenvalue weighted by Crippen LogP contribution is -2.38. The Morgan fingerprint density at radius 1 is 1.36 bits per heavy atom. The second-order valence-electron chi connectivity index (χ2n) is 7.28. The summed E-state index contributed by atoms with van der Waals surface area (Å²) in [7, 11) is 0. The molecule has 2 aromatic heterocycles. The molecule has 7 heteroatoms. The summed E-state index contributed by atoms with van der Waals surface area (Å²) in [4.78, 5) is 16.0. The summed E-state index contributed by atoms with van der Waals surface area (Å²) in [6.07, 6.45) is 4.03. The second-order valence-corrected chi connectivity index (χ2v) is 7.28. The number of aliphatic hydroxyl groups is 1. The highest BCUT2D eigenvalue weighted by atomic mass is 16.5. The predicted molar refractivity (Wildman–Crippen MR) is 102 cm³/mol. The highest BCUT2D eigenvalue weighted by molar-refractivity contribution is 6.08. The molecule has 146 valence electrons. The smallest absolute Gasteiger partial charge is 0.252 e. The molecule has 0 saturated heterocycles. The Kier molecular flexibility index (Phi) is 4.47. The van der Waals surface area contributed by atoms with Crippen LogP contribution in [0.3, 0.4) is 0 Å².